The van der Waals surface area contributed by atoms with Crippen LogP contribution in [-0.2, 0) is 6.54 Å². The van der Waals surface area contributed by atoms with Gasteiger partial charge in [0.2, 0.25) is 0 Å². The van der Waals surface area contributed by atoms with E-state index in [1.54, 1.807) is 24.1 Å². The number of hydrogen-bond acceptors (Lipinski definition) is 4. The third kappa shape index (κ3) is 3.52. The highest BCUT2D eigenvalue weighted by Crippen LogP contribution is 2.32. The molecule has 148 valence electrons. The van der Waals surface area contributed by atoms with E-state index in [2.05, 4.69) is 9.21 Å². The largest absolute Gasteiger partial charge is 0.390 e. The lowest BCUT2D eigenvalue weighted by molar-refractivity contribution is 0.126. The van der Waals surface area contributed by atoms with E-state index in [1.807, 2.05) is 4.57 Å². The van der Waals surface area contributed by atoms with Crippen molar-refractivity contribution in [3.63, 3.8) is 0 Å². The third-order valence-electron chi connectivity index (χ3n) is 5.70. The number of aliphatic hydroxyl groups is 1. The van der Waals surface area contributed by atoms with Crippen molar-refractivity contribution in [3.8, 4) is 0 Å². The second-order valence-corrected chi connectivity index (χ2v) is 8.81. The topological polar surface area (TPSA) is 31.6 Å². The minimum Gasteiger partial charge on any atom is -0.390 e. The van der Waals surface area contributed by atoms with E-state index in [1.165, 1.54) is 37.1 Å². The Hall–Kier alpha value is -1.67. The monoisotopic (exact) mass is 403 g/mol. The van der Waals surface area contributed by atoms with Gasteiger partial charge in [0.05, 0.1) is 18.5 Å². The Kier molecular flexibility index (Phi) is 4.79. The molecule has 1 N–H and O–H groups in total. The number of nitrogens with zero attached hydrogens (tertiary/aromatic N) is 3. The summed E-state index contributed by atoms with van der Waals surface area (Å²) in [5.41, 5.74) is 1.62. The molecule has 2 aromatic carbocycles. The summed E-state index contributed by atoms with van der Waals surface area (Å²) in [4.78, 5) is 2.52. The number of β-amino-alcohol motifs (C(OH)–C–C–N with tert-alkyl or cyclic N) is 1. The van der Waals surface area contributed by atoms with Crippen LogP contribution in [-0.4, -0.2) is 56.5 Å². The Morgan fingerprint density at radius 1 is 0.964 bits per heavy atom. The van der Waals surface area contributed by atoms with Crippen LogP contribution in [0.3, 0.4) is 0 Å². The molecule has 0 bridgehead atoms. The van der Waals surface area contributed by atoms with Crippen molar-refractivity contribution in [3.05, 3.63) is 48.0 Å². The van der Waals surface area contributed by atoms with Gasteiger partial charge in [0.15, 0.2) is 0 Å². The summed E-state index contributed by atoms with van der Waals surface area (Å²) < 4.78 is 31.8. The van der Waals surface area contributed by atoms with E-state index in [9.17, 15) is 13.9 Å². The summed E-state index contributed by atoms with van der Waals surface area (Å²) in [6.07, 6.45) is 2.07. The van der Waals surface area contributed by atoms with Crippen LogP contribution in [0.25, 0.3) is 21.8 Å². The maximum absolute atomic E-state index is 13.8. The SMILES string of the molecule is OC(CN1CCN(C2CC2)CS1)Cn1c2ccc(F)cc2c2cc(F)ccc21. The van der Waals surface area contributed by atoms with Gasteiger partial charge in [-0.1, -0.05) is 11.9 Å². The van der Waals surface area contributed by atoms with Gasteiger partial charge < -0.3 is 9.67 Å². The van der Waals surface area contributed by atoms with Crippen LogP contribution in [0.15, 0.2) is 36.4 Å². The van der Waals surface area contributed by atoms with Gasteiger partial charge in [0.1, 0.15) is 11.6 Å². The summed E-state index contributed by atoms with van der Waals surface area (Å²) in [7, 11) is 0. The number of halogens is 2. The summed E-state index contributed by atoms with van der Waals surface area (Å²) >= 11 is 1.78. The molecular formula is C21H23F2N3OS. The van der Waals surface area contributed by atoms with Crippen LogP contribution < -0.4 is 0 Å². The van der Waals surface area contributed by atoms with Gasteiger partial charge in [-0.05, 0) is 49.2 Å². The molecule has 2 heterocycles. The van der Waals surface area contributed by atoms with Gasteiger partial charge in [-0.25, -0.2) is 13.1 Å². The van der Waals surface area contributed by atoms with Crippen molar-refractivity contribution in [1.82, 2.24) is 13.8 Å². The van der Waals surface area contributed by atoms with Crippen molar-refractivity contribution in [2.75, 3.05) is 25.5 Å². The van der Waals surface area contributed by atoms with Crippen LogP contribution in [0.4, 0.5) is 8.78 Å². The van der Waals surface area contributed by atoms with Gasteiger partial charge in [-0.15, -0.1) is 0 Å². The number of aliphatic hydroxyl groups excluding tert-OH is 1. The Labute approximate surface area is 166 Å². The highest BCUT2D eigenvalue weighted by molar-refractivity contribution is 7.97. The minimum absolute atomic E-state index is 0.346. The zero-order valence-electron chi connectivity index (χ0n) is 15.5. The van der Waals surface area contributed by atoms with Gasteiger partial charge in [-0.3, -0.25) is 4.90 Å². The van der Waals surface area contributed by atoms with Crippen molar-refractivity contribution in [1.29, 1.82) is 0 Å². The lowest BCUT2D eigenvalue weighted by atomic mass is 10.1. The standard InChI is InChI=1S/C21H23F2N3OS/c22-14-1-5-20-18(9-14)19-10-15(23)2-6-21(19)26(20)12-17(27)11-25-8-7-24(13-28-25)16-3-4-16/h1-2,5-6,9-10,16-17,27H,3-4,7-8,11-13H2. The van der Waals surface area contributed by atoms with E-state index in [0.29, 0.717) is 23.9 Å². The maximum Gasteiger partial charge on any atom is 0.123 e. The van der Waals surface area contributed by atoms with Crippen molar-refractivity contribution < 1.29 is 13.9 Å². The molecule has 1 aliphatic heterocycles. The second-order valence-electron chi connectivity index (χ2n) is 7.78. The molecule has 1 atom stereocenters. The molecule has 3 aromatic rings. The highest BCUT2D eigenvalue weighted by Gasteiger charge is 2.32. The molecule has 1 saturated carbocycles. The third-order valence-corrected chi connectivity index (χ3v) is 6.85. The quantitative estimate of drug-likeness (QED) is 0.657. The molecule has 1 saturated heterocycles. The molecule has 5 rings (SSSR count). The van der Waals surface area contributed by atoms with Gasteiger partial charge in [0, 0.05) is 47.5 Å². The van der Waals surface area contributed by atoms with E-state index >= 15 is 0 Å². The molecule has 4 nitrogen and oxygen atoms in total. The normalized spacial score (nSPS) is 20.2. The van der Waals surface area contributed by atoms with E-state index in [-0.39, 0.29) is 11.6 Å². The molecule has 1 aromatic heterocycles. The van der Waals surface area contributed by atoms with Crippen LogP contribution in [0.1, 0.15) is 12.8 Å². The predicted molar refractivity (Wildman–Crippen MR) is 109 cm³/mol. The van der Waals surface area contributed by atoms with Gasteiger partial charge in [0.25, 0.3) is 0 Å². The Morgan fingerprint density at radius 2 is 1.61 bits per heavy atom. The second kappa shape index (κ2) is 7.30. The molecule has 0 radical (unpaired) electrons. The molecule has 7 heteroatoms. The van der Waals surface area contributed by atoms with Gasteiger partial charge >= 0.3 is 0 Å². The fourth-order valence-corrected chi connectivity index (χ4v) is 5.29. The molecule has 2 aliphatic rings. The average molecular weight is 403 g/mol. The van der Waals surface area contributed by atoms with Crippen molar-refractivity contribution in [2.24, 2.45) is 0 Å². The number of fused-ring (bicyclic) bond motifs is 3. The first-order chi connectivity index (χ1) is 13.6. The Balaban J connectivity index is 1.36. The van der Waals surface area contributed by atoms with E-state index in [0.717, 1.165) is 36.0 Å². The minimum atomic E-state index is -0.561. The zero-order valence-corrected chi connectivity index (χ0v) is 16.3. The number of hydrogen-bond donors (Lipinski definition) is 1. The first kappa shape index (κ1) is 18.4. The lowest BCUT2D eigenvalue weighted by Gasteiger charge is -2.34. The zero-order chi connectivity index (χ0) is 19.3. The molecule has 0 spiro atoms. The van der Waals surface area contributed by atoms with Crippen LogP contribution in [0, 0.1) is 11.6 Å². The van der Waals surface area contributed by atoms with Crippen molar-refractivity contribution >= 4 is 33.8 Å². The average Bonchev–Trinajstić information content (AvgIpc) is 3.48. The first-order valence-corrected chi connectivity index (χ1v) is 10.7. The molecule has 2 fully saturated rings. The van der Waals surface area contributed by atoms with E-state index in [4.69, 9.17) is 0 Å². The van der Waals surface area contributed by atoms with E-state index < -0.39 is 6.10 Å². The summed E-state index contributed by atoms with van der Waals surface area (Å²) in [6.45, 7) is 2.97. The number of benzene rings is 2. The Bertz CT molecular complexity index is 952. The lowest BCUT2D eigenvalue weighted by Crippen LogP contribution is -2.43. The first-order valence-electron chi connectivity index (χ1n) is 9.75. The summed E-state index contributed by atoms with van der Waals surface area (Å²) in [5, 5.41) is 12.1. The highest BCUT2D eigenvalue weighted by atomic mass is 32.2. The Morgan fingerprint density at radius 3 is 2.14 bits per heavy atom. The maximum atomic E-state index is 13.8. The number of rotatable bonds is 5. The smallest absolute Gasteiger partial charge is 0.123 e. The molecule has 28 heavy (non-hydrogen) atoms. The molecule has 1 aliphatic carbocycles. The fraction of sp³-hybridized carbons (Fsp3) is 0.429. The van der Waals surface area contributed by atoms with Gasteiger partial charge in [-0.2, -0.15) is 0 Å². The van der Waals surface area contributed by atoms with Crippen molar-refractivity contribution in [2.45, 2.75) is 31.5 Å². The molecule has 0 amide bonds. The predicted octanol–water partition coefficient (Wildman–Crippen LogP) is 3.82. The summed E-state index contributed by atoms with van der Waals surface area (Å²) in [6, 6.07) is 9.88. The molecular weight excluding hydrogens is 380 g/mol. The number of aromatic nitrogens is 1. The van der Waals surface area contributed by atoms with Crippen LogP contribution in [0.5, 0.6) is 0 Å². The summed E-state index contributed by atoms with van der Waals surface area (Å²) in [5.74, 6) is 0.299. The van der Waals surface area contributed by atoms with Crippen LogP contribution >= 0.6 is 11.9 Å². The fourth-order valence-electron chi connectivity index (χ4n) is 4.15. The molecule has 1 unspecified atom stereocenters. The van der Waals surface area contributed by atoms with Crippen LogP contribution in [0.2, 0.25) is 0 Å².